The average Bonchev–Trinajstić information content (AvgIpc) is 3.73. The number of aromatic nitrogens is 4. The predicted molar refractivity (Wildman–Crippen MR) is 164 cm³/mol. The molecule has 0 saturated carbocycles. The lowest BCUT2D eigenvalue weighted by Crippen LogP contribution is -2.49. The molecule has 0 aliphatic carbocycles. The zero-order valence-electron chi connectivity index (χ0n) is 24.7. The number of anilines is 4. The van der Waals surface area contributed by atoms with Crippen molar-refractivity contribution in [3.05, 3.63) is 78.4 Å². The van der Waals surface area contributed by atoms with Gasteiger partial charge in [-0.05, 0) is 37.1 Å². The normalized spacial score (nSPS) is 19.9. The molecule has 3 fully saturated rings. The first-order valence-electron chi connectivity index (χ1n) is 15.2. The van der Waals surface area contributed by atoms with E-state index < -0.39 is 17.7 Å². The van der Waals surface area contributed by atoms with Crippen LogP contribution in [0.25, 0.3) is 11.1 Å². The van der Waals surface area contributed by atoms with Crippen molar-refractivity contribution >= 4 is 23.0 Å². The number of aryl methyl sites for hydroxylation is 1. The highest BCUT2D eigenvalue weighted by atomic mass is 19.2. The molecule has 230 valence electrons. The van der Waals surface area contributed by atoms with Gasteiger partial charge in [-0.1, -0.05) is 12.1 Å². The Labute approximate surface area is 255 Å². The molecule has 0 radical (unpaired) electrons. The lowest BCUT2D eigenvalue weighted by Gasteiger charge is -2.41. The van der Waals surface area contributed by atoms with Crippen LogP contribution in [0.3, 0.4) is 0 Å². The topological polar surface area (TPSA) is 83.8 Å². The van der Waals surface area contributed by atoms with Gasteiger partial charge in [0.25, 0.3) is 0 Å². The van der Waals surface area contributed by atoms with Crippen LogP contribution in [0.5, 0.6) is 0 Å². The Morgan fingerprint density at radius 3 is 2.57 bits per heavy atom. The monoisotopic (exact) mass is 602 g/mol. The van der Waals surface area contributed by atoms with E-state index in [1.807, 2.05) is 24.1 Å². The Hall–Kier alpha value is -4.13. The van der Waals surface area contributed by atoms with Gasteiger partial charge in [0.15, 0.2) is 17.5 Å². The first-order chi connectivity index (χ1) is 21.5. The minimum absolute atomic E-state index is 0.237. The summed E-state index contributed by atoms with van der Waals surface area (Å²) in [6.45, 7) is 6.02. The van der Waals surface area contributed by atoms with E-state index in [9.17, 15) is 8.78 Å². The molecule has 0 spiro atoms. The van der Waals surface area contributed by atoms with Crippen molar-refractivity contribution in [1.29, 1.82) is 0 Å². The number of nitrogens with zero attached hydrogens (tertiary/aromatic N) is 7. The molecule has 0 unspecified atom stereocenters. The fourth-order valence-electron chi connectivity index (χ4n) is 6.53. The summed E-state index contributed by atoms with van der Waals surface area (Å²) in [5.74, 6) is -0.733. The maximum absolute atomic E-state index is 14.6. The van der Waals surface area contributed by atoms with Crippen LogP contribution in [0.1, 0.15) is 30.9 Å². The van der Waals surface area contributed by atoms with Crippen molar-refractivity contribution in [1.82, 2.24) is 24.6 Å². The van der Waals surface area contributed by atoms with E-state index in [1.54, 1.807) is 12.1 Å². The van der Waals surface area contributed by atoms with Gasteiger partial charge in [-0.15, -0.1) is 0 Å². The summed E-state index contributed by atoms with van der Waals surface area (Å²) < 4.78 is 36.0. The van der Waals surface area contributed by atoms with Crippen LogP contribution in [0, 0.1) is 11.6 Å². The van der Waals surface area contributed by atoms with Gasteiger partial charge in [0.2, 0.25) is 0 Å². The third-order valence-corrected chi connectivity index (χ3v) is 8.78. The summed E-state index contributed by atoms with van der Waals surface area (Å²) in [4.78, 5) is 19.7. The molecule has 10 nitrogen and oxygen atoms in total. The van der Waals surface area contributed by atoms with Crippen LogP contribution < -0.4 is 15.3 Å². The van der Waals surface area contributed by atoms with Gasteiger partial charge in [-0.25, -0.2) is 23.8 Å². The minimum Gasteiger partial charge on any atom is -0.379 e. The Morgan fingerprint density at radius 2 is 1.77 bits per heavy atom. The third-order valence-electron chi connectivity index (χ3n) is 8.78. The predicted octanol–water partition coefficient (Wildman–Crippen LogP) is 5.08. The quantitative estimate of drug-likeness (QED) is 0.311. The number of morpholine rings is 1. The van der Waals surface area contributed by atoms with Gasteiger partial charge in [0, 0.05) is 86.0 Å². The number of nitrogens with one attached hydrogen (secondary N) is 1. The fourth-order valence-corrected chi connectivity index (χ4v) is 6.53. The number of halogens is 2. The molecular weight excluding hydrogens is 566 g/mol. The smallest absolute Gasteiger partial charge is 0.164 e. The third kappa shape index (κ3) is 5.84. The van der Waals surface area contributed by atoms with Gasteiger partial charge >= 0.3 is 0 Å². The van der Waals surface area contributed by atoms with Crippen LogP contribution in [0.4, 0.5) is 31.8 Å². The molecule has 3 aliphatic rings. The number of ether oxygens (including phenoxy) is 1. The number of hydrogen-bond donors (Lipinski definition) is 1. The van der Waals surface area contributed by atoms with E-state index >= 15 is 0 Å². The lowest BCUT2D eigenvalue weighted by atomic mass is 9.99. The molecule has 44 heavy (non-hydrogen) atoms. The standard InChI is InChI=1S/C32H36F2N8O2/c1-39-20-22(19-37-39)26-17-23(5-6-28(26)41-10-7-24(8-11-41)40-12-15-43-16-13-40)38-30-18-31(36-21-35-30)42-29(9-14-44-42)25-3-2-4-27(33)32(25)34/h2-6,17-21,24,29H,7-16H2,1H3,(H,35,36,38)/t29-/m1/s1. The highest BCUT2D eigenvalue weighted by Crippen LogP contribution is 2.38. The van der Waals surface area contributed by atoms with Crippen LogP contribution in [-0.2, 0) is 16.6 Å². The van der Waals surface area contributed by atoms with E-state index in [4.69, 9.17) is 9.57 Å². The molecule has 2 aromatic heterocycles. The summed E-state index contributed by atoms with van der Waals surface area (Å²) in [5, 5.41) is 9.38. The van der Waals surface area contributed by atoms with Gasteiger partial charge in [0.1, 0.15) is 12.1 Å². The summed E-state index contributed by atoms with van der Waals surface area (Å²) in [7, 11) is 1.92. The van der Waals surface area contributed by atoms with Crippen molar-refractivity contribution in [2.24, 2.45) is 7.05 Å². The van der Waals surface area contributed by atoms with Crippen LogP contribution in [0.2, 0.25) is 0 Å². The molecular formula is C32H36F2N8O2. The lowest BCUT2D eigenvalue weighted by molar-refractivity contribution is 0.0115. The van der Waals surface area contributed by atoms with Gasteiger partial charge in [0.05, 0.1) is 32.1 Å². The number of piperidine rings is 1. The molecule has 0 amide bonds. The molecule has 5 heterocycles. The minimum atomic E-state index is -0.881. The second-order valence-corrected chi connectivity index (χ2v) is 11.5. The molecule has 7 rings (SSSR count). The van der Waals surface area contributed by atoms with Crippen LogP contribution in [-0.4, -0.2) is 76.7 Å². The SMILES string of the molecule is Cn1cc(-c2cc(Nc3cc(N4OCC[C@@H]4c4cccc(F)c4F)ncn3)ccc2N2CCC(N3CCOCC3)CC2)cn1. The van der Waals surface area contributed by atoms with E-state index in [2.05, 4.69) is 48.4 Å². The molecule has 1 N–H and O–H groups in total. The molecule has 3 aliphatic heterocycles. The fraction of sp³-hybridized carbons (Fsp3) is 0.406. The first kappa shape index (κ1) is 28.6. The summed E-state index contributed by atoms with van der Waals surface area (Å²) in [6, 6.07) is 12.4. The molecule has 4 aromatic rings. The van der Waals surface area contributed by atoms with Gasteiger partial charge in [-0.2, -0.15) is 5.10 Å². The molecule has 12 heteroatoms. The number of hydroxylamine groups is 1. The number of rotatable bonds is 7. The van der Waals surface area contributed by atoms with Gasteiger partial charge in [-0.3, -0.25) is 14.4 Å². The average molecular weight is 603 g/mol. The summed E-state index contributed by atoms with van der Waals surface area (Å²) in [6.07, 6.45) is 8.11. The number of benzene rings is 2. The van der Waals surface area contributed by atoms with Gasteiger partial charge < -0.3 is 15.0 Å². The molecule has 3 saturated heterocycles. The summed E-state index contributed by atoms with van der Waals surface area (Å²) in [5.41, 5.74) is 4.40. The maximum Gasteiger partial charge on any atom is 0.164 e. The highest BCUT2D eigenvalue weighted by molar-refractivity contribution is 5.82. The highest BCUT2D eigenvalue weighted by Gasteiger charge is 2.32. The van der Waals surface area contributed by atoms with Crippen molar-refractivity contribution in [3.63, 3.8) is 0 Å². The second-order valence-electron chi connectivity index (χ2n) is 11.5. The zero-order chi connectivity index (χ0) is 30.0. The van der Waals surface area contributed by atoms with Crippen LogP contribution in [0.15, 0.2) is 61.2 Å². The largest absolute Gasteiger partial charge is 0.379 e. The van der Waals surface area contributed by atoms with Crippen molar-refractivity contribution < 1.29 is 18.4 Å². The second kappa shape index (κ2) is 12.5. The van der Waals surface area contributed by atoms with Crippen molar-refractivity contribution in [2.75, 3.05) is 61.3 Å². The Kier molecular flexibility index (Phi) is 8.11. The van der Waals surface area contributed by atoms with E-state index in [0.29, 0.717) is 30.7 Å². The van der Waals surface area contributed by atoms with Crippen molar-refractivity contribution in [2.45, 2.75) is 31.3 Å². The summed E-state index contributed by atoms with van der Waals surface area (Å²) >= 11 is 0. The Morgan fingerprint density at radius 1 is 0.932 bits per heavy atom. The Bertz CT molecular complexity index is 1600. The Balaban J connectivity index is 1.11. The van der Waals surface area contributed by atoms with E-state index in [-0.39, 0.29) is 5.56 Å². The maximum atomic E-state index is 14.6. The van der Waals surface area contributed by atoms with E-state index in [0.717, 1.165) is 75.1 Å². The molecule has 0 bridgehead atoms. The zero-order valence-corrected chi connectivity index (χ0v) is 24.7. The van der Waals surface area contributed by atoms with E-state index in [1.165, 1.54) is 23.1 Å². The molecule has 1 atom stereocenters. The van der Waals surface area contributed by atoms with Crippen molar-refractivity contribution in [3.8, 4) is 11.1 Å². The molecule has 2 aromatic carbocycles. The first-order valence-corrected chi connectivity index (χ1v) is 15.2. The number of hydrogen-bond acceptors (Lipinski definition) is 9. The van der Waals surface area contributed by atoms with Crippen LogP contribution >= 0.6 is 0 Å².